The SMILES string of the molecule is CCc1nc2ccc(F)c(Cl)c2c(OC(=O)OC)c1C. The number of halogens is 2. The number of fused-ring (bicyclic) bond motifs is 1. The summed E-state index contributed by atoms with van der Waals surface area (Å²) in [5.41, 5.74) is 1.86. The number of ether oxygens (including phenoxy) is 2. The molecule has 0 amide bonds. The van der Waals surface area contributed by atoms with E-state index in [1.54, 1.807) is 6.92 Å². The highest BCUT2D eigenvalue weighted by atomic mass is 35.5. The predicted octanol–water partition coefficient (Wildman–Crippen LogP) is 4.04. The number of aromatic nitrogens is 1. The molecule has 0 aliphatic rings. The van der Waals surface area contributed by atoms with Crippen LogP contribution >= 0.6 is 11.6 Å². The molecule has 0 spiro atoms. The van der Waals surface area contributed by atoms with Crippen molar-refractivity contribution < 1.29 is 18.7 Å². The van der Waals surface area contributed by atoms with E-state index in [0.717, 1.165) is 5.69 Å². The van der Waals surface area contributed by atoms with Crippen molar-refractivity contribution in [2.75, 3.05) is 7.11 Å². The summed E-state index contributed by atoms with van der Waals surface area (Å²) in [6, 6.07) is 2.73. The van der Waals surface area contributed by atoms with Crippen LogP contribution in [0.2, 0.25) is 5.02 Å². The zero-order valence-corrected chi connectivity index (χ0v) is 12.0. The standard InChI is InChI=1S/C14H13ClFNO3/c1-4-9-7(2)13(20-14(18)19-3)11-10(17-9)6-5-8(16)12(11)15/h5-6H,4H2,1-3H3. The molecule has 0 bridgehead atoms. The number of hydrogen-bond acceptors (Lipinski definition) is 4. The molecule has 0 saturated heterocycles. The fourth-order valence-corrected chi connectivity index (χ4v) is 2.24. The summed E-state index contributed by atoms with van der Waals surface area (Å²) in [5.74, 6) is -0.414. The lowest BCUT2D eigenvalue weighted by Crippen LogP contribution is -2.10. The monoisotopic (exact) mass is 297 g/mol. The lowest BCUT2D eigenvalue weighted by molar-refractivity contribution is 0.121. The van der Waals surface area contributed by atoms with Crippen molar-refractivity contribution in [3.8, 4) is 5.75 Å². The van der Waals surface area contributed by atoms with Gasteiger partial charge in [0.1, 0.15) is 11.6 Å². The number of aryl methyl sites for hydroxylation is 1. The van der Waals surface area contributed by atoms with E-state index >= 15 is 0 Å². The Bertz CT molecular complexity index is 688. The van der Waals surface area contributed by atoms with Gasteiger partial charge in [-0.05, 0) is 25.5 Å². The van der Waals surface area contributed by atoms with Crippen molar-refractivity contribution in [1.29, 1.82) is 0 Å². The van der Waals surface area contributed by atoms with Crippen LogP contribution in [0, 0.1) is 12.7 Å². The van der Waals surface area contributed by atoms with Gasteiger partial charge in [0, 0.05) is 11.3 Å². The van der Waals surface area contributed by atoms with Gasteiger partial charge >= 0.3 is 6.16 Å². The van der Waals surface area contributed by atoms with E-state index in [1.165, 1.54) is 19.2 Å². The first-order valence-electron chi connectivity index (χ1n) is 6.02. The molecular formula is C14H13ClFNO3. The molecule has 4 nitrogen and oxygen atoms in total. The topological polar surface area (TPSA) is 48.4 Å². The maximum absolute atomic E-state index is 13.6. The maximum Gasteiger partial charge on any atom is 0.513 e. The molecule has 106 valence electrons. The van der Waals surface area contributed by atoms with Crippen molar-refractivity contribution in [2.24, 2.45) is 0 Å². The van der Waals surface area contributed by atoms with E-state index in [4.69, 9.17) is 16.3 Å². The van der Waals surface area contributed by atoms with Crippen molar-refractivity contribution in [3.63, 3.8) is 0 Å². The Morgan fingerprint density at radius 1 is 1.45 bits per heavy atom. The smallest absolute Gasteiger partial charge is 0.437 e. The Morgan fingerprint density at radius 3 is 2.75 bits per heavy atom. The summed E-state index contributed by atoms with van der Waals surface area (Å²) >= 11 is 5.98. The number of benzene rings is 1. The zero-order valence-electron chi connectivity index (χ0n) is 11.3. The number of carbonyl (C=O) groups is 1. The third kappa shape index (κ3) is 2.41. The fraction of sp³-hybridized carbons (Fsp3) is 0.286. The van der Waals surface area contributed by atoms with Gasteiger partial charge in [-0.1, -0.05) is 18.5 Å². The number of pyridine rings is 1. The van der Waals surface area contributed by atoms with Crippen LogP contribution in [0.5, 0.6) is 5.75 Å². The summed E-state index contributed by atoms with van der Waals surface area (Å²) in [5, 5.41) is 0.145. The van der Waals surface area contributed by atoms with E-state index in [2.05, 4.69) is 9.72 Å². The fourth-order valence-electron chi connectivity index (χ4n) is 1.99. The van der Waals surface area contributed by atoms with Crippen LogP contribution in [-0.2, 0) is 11.2 Å². The highest BCUT2D eigenvalue weighted by Gasteiger charge is 2.19. The minimum Gasteiger partial charge on any atom is -0.437 e. The predicted molar refractivity (Wildman–Crippen MR) is 73.9 cm³/mol. The minimum absolute atomic E-state index is 0.125. The van der Waals surface area contributed by atoms with Crippen molar-refractivity contribution >= 4 is 28.7 Å². The molecule has 0 unspecified atom stereocenters. The quantitative estimate of drug-likeness (QED) is 0.785. The van der Waals surface area contributed by atoms with E-state index in [0.29, 0.717) is 17.5 Å². The molecule has 0 atom stereocenters. The van der Waals surface area contributed by atoms with Crippen molar-refractivity contribution in [2.45, 2.75) is 20.3 Å². The van der Waals surface area contributed by atoms with Gasteiger partial charge in [-0.3, -0.25) is 4.98 Å². The first kappa shape index (κ1) is 14.5. The van der Waals surface area contributed by atoms with Crippen LogP contribution in [0.3, 0.4) is 0 Å². The van der Waals surface area contributed by atoms with Gasteiger partial charge in [0.15, 0.2) is 0 Å². The zero-order chi connectivity index (χ0) is 14.9. The van der Waals surface area contributed by atoms with Gasteiger partial charge in [-0.2, -0.15) is 0 Å². The number of carbonyl (C=O) groups excluding carboxylic acids is 1. The molecule has 0 saturated carbocycles. The summed E-state index contributed by atoms with van der Waals surface area (Å²) in [6.07, 6.45) is -0.239. The lowest BCUT2D eigenvalue weighted by atomic mass is 10.1. The lowest BCUT2D eigenvalue weighted by Gasteiger charge is -2.14. The summed E-state index contributed by atoms with van der Waals surface area (Å²) in [4.78, 5) is 15.8. The molecule has 0 N–H and O–H groups in total. The summed E-state index contributed by atoms with van der Waals surface area (Å²) in [7, 11) is 1.20. The first-order valence-corrected chi connectivity index (χ1v) is 6.40. The van der Waals surface area contributed by atoms with Gasteiger partial charge in [-0.15, -0.1) is 0 Å². The van der Waals surface area contributed by atoms with Crippen LogP contribution in [0.1, 0.15) is 18.2 Å². The van der Waals surface area contributed by atoms with E-state index in [-0.39, 0.29) is 16.2 Å². The third-order valence-electron chi connectivity index (χ3n) is 3.02. The van der Waals surface area contributed by atoms with Gasteiger partial charge < -0.3 is 9.47 Å². The Labute approximate surface area is 120 Å². The summed E-state index contributed by atoms with van der Waals surface area (Å²) < 4.78 is 23.2. The molecular weight excluding hydrogens is 285 g/mol. The van der Waals surface area contributed by atoms with Gasteiger partial charge in [0.25, 0.3) is 0 Å². The number of methoxy groups -OCH3 is 1. The molecule has 0 radical (unpaired) electrons. The Kier molecular flexibility index (Phi) is 4.09. The Balaban J connectivity index is 2.81. The van der Waals surface area contributed by atoms with Crippen LogP contribution in [0.25, 0.3) is 10.9 Å². The van der Waals surface area contributed by atoms with Crippen LogP contribution in [-0.4, -0.2) is 18.2 Å². The average Bonchev–Trinajstić information content (AvgIpc) is 2.45. The second-order valence-electron chi connectivity index (χ2n) is 4.18. The molecule has 6 heteroatoms. The molecule has 2 rings (SSSR count). The van der Waals surface area contributed by atoms with Gasteiger partial charge in [0.05, 0.1) is 23.0 Å². The molecule has 0 aliphatic heterocycles. The van der Waals surface area contributed by atoms with E-state index in [9.17, 15) is 9.18 Å². The number of hydrogen-bond donors (Lipinski definition) is 0. The van der Waals surface area contributed by atoms with Crippen LogP contribution in [0.15, 0.2) is 12.1 Å². The second kappa shape index (κ2) is 5.63. The second-order valence-corrected chi connectivity index (χ2v) is 4.56. The Hall–Kier alpha value is -1.88. The highest BCUT2D eigenvalue weighted by molar-refractivity contribution is 6.36. The molecule has 0 fully saturated rings. The van der Waals surface area contributed by atoms with Crippen molar-refractivity contribution in [1.82, 2.24) is 4.98 Å². The molecule has 2 aromatic rings. The molecule has 1 aromatic carbocycles. The number of rotatable bonds is 2. The van der Waals surface area contributed by atoms with E-state index < -0.39 is 12.0 Å². The molecule has 20 heavy (non-hydrogen) atoms. The summed E-state index contributed by atoms with van der Waals surface area (Å²) in [6.45, 7) is 3.67. The maximum atomic E-state index is 13.6. The highest BCUT2D eigenvalue weighted by Crippen LogP contribution is 2.37. The first-order chi connectivity index (χ1) is 9.49. The van der Waals surface area contributed by atoms with Gasteiger partial charge in [0.2, 0.25) is 0 Å². The number of nitrogens with zero attached hydrogens (tertiary/aromatic N) is 1. The van der Waals surface area contributed by atoms with Crippen molar-refractivity contribution in [3.05, 3.63) is 34.2 Å². The average molecular weight is 298 g/mol. The largest absolute Gasteiger partial charge is 0.513 e. The van der Waals surface area contributed by atoms with Crippen LogP contribution < -0.4 is 4.74 Å². The van der Waals surface area contributed by atoms with Gasteiger partial charge in [-0.25, -0.2) is 9.18 Å². The molecule has 1 aromatic heterocycles. The van der Waals surface area contributed by atoms with Crippen LogP contribution in [0.4, 0.5) is 9.18 Å². The third-order valence-corrected chi connectivity index (χ3v) is 3.39. The Morgan fingerprint density at radius 2 is 2.15 bits per heavy atom. The molecule has 1 heterocycles. The molecule has 0 aliphatic carbocycles. The normalized spacial score (nSPS) is 10.7. The minimum atomic E-state index is -0.886. The van der Waals surface area contributed by atoms with E-state index in [1.807, 2.05) is 6.92 Å².